The van der Waals surface area contributed by atoms with Crippen LogP contribution < -0.4 is 0 Å². The number of carbonyl (C=O) groups is 1. The average molecular weight is 180 g/mol. The summed E-state index contributed by atoms with van der Waals surface area (Å²) in [4.78, 5) is 11.8. The van der Waals surface area contributed by atoms with Crippen LogP contribution in [-0.2, 0) is 4.79 Å². The molecule has 0 bridgehead atoms. The zero-order chi connectivity index (χ0) is 9.26. The third kappa shape index (κ3) is 1.79. The van der Waals surface area contributed by atoms with E-state index in [-0.39, 0.29) is 0 Å². The molecule has 1 heteroatoms. The zero-order valence-electron chi connectivity index (χ0n) is 8.59. The van der Waals surface area contributed by atoms with Crippen LogP contribution in [0, 0.1) is 17.8 Å². The van der Waals surface area contributed by atoms with Crippen molar-refractivity contribution in [3.63, 3.8) is 0 Å². The summed E-state index contributed by atoms with van der Waals surface area (Å²) in [7, 11) is 0. The van der Waals surface area contributed by atoms with Gasteiger partial charge in [-0.3, -0.25) is 4.79 Å². The minimum absolute atomic E-state index is 0.465. The Labute approximate surface area is 80.9 Å². The van der Waals surface area contributed by atoms with Gasteiger partial charge in [0.05, 0.1) is 0 Å². The van der Waals surface area contributed by atoms with E-state index in [4.69, 9.17) is 0 Å². The second-order valence-corrected chi connectivity index (χ2v) is 4.82. The van der Waals surface area contributed by atoms with Crippen molar-refractivity contribution in [1.29, 1.82) is 0 Å². The van der Waals surface area contributed by atoms with Crippen molar-refractivity contribution in [3.05, 3.63) is 0 Å². The number of rotatable bonds is 1. The molecule has 0 heterocycles. The van der Waals surface area contributed by atoms with E-state index in [1.807, 2.05) is 0 Å². The monoisotopic (exact) mass is 180 g/mol. The van der Waals surface area contributed by atoms with E-state index in [0.29, 0.717) is 11.7 Å². The average Bonchev–Trinajstić information content (AvgIpc) is 2.48. The third-order valence-corrected chi connectivity index (χ3v) is 4.03. The number of carbonyl (C=O) groups excluding carboxylic acids is 1. The van der Waals surface area contributed by atoms with Crippen LogP contribution in [0.5, 0.6) is 0 Å². The second kappa shape index (κ2) is 3.81. The lowest BCUT2D eigenvalue weighted by Crippen LogP contribution is -2.15. The van der Waals surface area contributed by atoms with Crippen LogP contribution >= 0.6 is 0 Å². The van der Waals surface area contributed by atoms with Crippen molar-refractivity contribution in [2.75, 3.05) is 0 Å². The lowest BCUT2D eigenvalue weighted by atomic mass is 9.91. The van der Waals surface area contributed by atoms with Gasteiger partial charge in [-0.05, 0) is 37.5 Å². The van der Waals surface area contributed by atoms with E-state index in [2.05, 4.69) is 6.92 Å². The van der Waals surface area contributed by atoms with Crippen LogP contribution in [0.3, 0.4) is 0 Å². The first-order valence-corrected chi connectivity index (χ1v) is 5.84. The summed E-state index contributed by atoms with van der Waals surface area (Å²) < 4.78 is 0. The van der Waals surface area contributed by atoms with E-state index >= 15 is 0 Å². The predicted molar refractivity (Wildman–Crippen MR) is 53.5 cm³/mol. The molecule has 2 aliphatic carbocycles. The molecule has 0 N–H and O–H groups in total. The Morgan fingerprint density at radius 2 is 2.15 bits per heavy atom. The summed E-state index contributed by atoms with van der Waals surface area (Å²) in [6, 6.07) is 0. The maximum Gasteiger partial charge on any atom is 0.136 e. The lowest BCUT2D eigenvalue weighted by Gasteiger charge is -2.13. The molecule has 3 atom stereocenters. The number of ketones is 1. The fourth-order valence-corrected chi connectivity index (χ4v) is 3.18. The molecule has 0 aliphatic heterocycles. The van der Waals surface area contributed by atoms with Gasteiger partial charge in [0.1, 0.15) is 5.78 Å². The highest BCUT2D eigenvalue weighted by molar-refractivity contribution is 5.81. The van der Waals surface area contributed by atoms with Crippen LogP contribution in [0.4, 0.5) is 0 Å². The van der Waals surface area contributed by atoms with Crippen molar-refractivity contribution >= 4 is 5.78 Å². The van der Waals surface area contributed by atoms with Gasteiger partial charge in [0, 0.05) is 12.3 Å². The number of Topliss-reactive ketones (excluding diaryl/α,β-unsaturated/α-hetero) is 1. The Bertz CT molecular complexity index is 197. The molecule has 2 rings (SSSR count). The van der Waals surface area contributed by atoms with Crippen molar-refractivity contribution in [2.24, 2.45) is 17.8 Å². The lowest BCUT2D eigenvalue weighted by molar-refractivity contribution is -0.123. The van der Waals surface area contributed by atoms with Gasteiger partial charge in [0.25, 0.3) is 0 Å². The Kier molecular flexibility index (Phi) is 2.71. The van der Waals surface area contributed by atoms with Gasteiger partial charge in [0.2, 0.25) is 0 Å². The zero-order valence-corrected chi connectivity index (χ0v) is 8.59. The van der Waals surface area contributed by atoms with Gasteiger partial charge >= 0.3 is 0 Å². The highest BCUT2D eigenvalue weighted by Gasteiger charge is 2.38. The molecule has 2 fully saturated rings. The van der Waals surface area contributed by atoms with Crippen molar-refractivity contribution in [1.82, 2.24) is 0 Å². The predicted octanol–water partition coefficient (Wildman–Crippen LogP) is 3.18. The minimum Gasteiger partial charge on any atom is -0.299 e. The molecular formula is C12H20O. The second-order valence-electron chi connectivity index (χ2n) is 4.82. The summed E-state index contributed by atoms with van der Waals surface area (Å²) >= 11 is 0. The number of hydrogen-bond acceptors (Lipinski definition) is 1. The minimum atomic E-state index is 0.465. The van der Waals surface area contributed by atoms with E-state index in [0.717, 1.165) is 24.7 Å². The van der Waals surface area contributed by atoms with Gasteiger partial charge in [-0.1, -0.05) is 19.8 Å². The Morgan fingerprint density at radius 1 is 1.31 bits per heavy atom. The Hall–Kier alpha value is -0.330. The van der Waals surface area contributed by atoms with E-state index < -0.39 is 0 Å². The largest absolute Gasteiger partial charge is 0.299 e. The summed E-state index contributed by atoms with van der Waals surface area (Å²) in [5.41, 5.74) is 0. The smallest absolute Gasteiger partial charge is 0.136 e. The molecule has 0 aromatic heterocycles. The van der Waals surface area contributed by atoms with Crippen LogP contribution in [0.2, 0.25) is 0 Å². The normalized spacial score (nSPS) is 40.1. The molecule has 1 nitrogen and oxygen atoms in total. The molecular weight excluding hydrogens is 160 g/mol. The molecule has 0 spiro atoms. The summed E-state index contributed by atoms with van der Waals surface area (Å²) in [5, 5.41) is 0. The van der Waals surface area contributed by atoms with Crippen LogP contribution in [-0.4, -0.2) is 5.78 Å². The van der Waals surface area contributed by atoms with Crippen LogP contribution in [0.25, 0.3) is 0 Å². The topological polar surface area (TPSA) is 17.1 Å². The number of fused-ring (bicyclic) bond motifs is 1. The SMILES string of the molecule is CC[C@@H]1C[C@@H]2CCCCC(=O)[C@H]2C1. The van der Waals surface area contributed by atoms with Crippen molar-refractivity contribution < 1.29 is 4.79 Å². The van der Waals surface area contributed by atoms with Gasteiger partial charge in [-0.15, -0.1) is 0 Å². The fraction of sp³-hybridized carbons (Fsp3) is 0.917. The van der Waals surface area contributed by atoms with Gasteiger partial charge < -0.3 is 0 Å². The van der Waals surface area contributed by atoms with Crippen LogP contribution in [0.15, 0.2) is 0 Å². The molecule has 0 radical (unpaired) electrons. The summed E-state index contributed by atoms with van der Waals surface area (Å²) in [5.74, 6) is 2.67. The summed E-state index contributed by atoms with van der Waals surface area (Å²) in [6.07, 6.45) is 8.48. The molecule has 0 aromatic rings. The maximum absolute atomic E-state index is 11.8. The van der Waals surface area contributed by atoms with Crippen molar-refractivity contribution in [3.8, 4) is 0 Å². The molecule has 2 saturated carbocycles. The first-order valence-electron chi connectivity index (χ1n) is 5.84. The molecule has 0 unspecified atom stereocenters. The van der Waals surface area contributed by atoms with Gasteiger partial charge in [0.15, 0.2) is 0 Å². The maximum atomic E-state index is 11.8. The first-order chi connectivity index (χ1) is 6.31. The van der Waals surface area contributed by atoms with E-state index in [1.54, 1.807) is 0 Å². The third-order valence-electron chi connectivity index (χ3n) is 4.03. The van der Waals surface area contributed by atoms with E-state index in [1.165, 1.54) is 32.1 Å². The van der Waals surface area contributed by atoms with Gasteiger partial charge in [-0.25, -0.2) is 0 Å². The molecule has 13 heavy (non-hydrogen) atoms. The van der Waals surface area contributed by atoms with Gasteiger partial charge in [-0.2, -0.15) is 0 Å². The number of hydrogen-bond donors (Lipinski definition) is 0. The quantitative estimate of drug-likeness (QED) is 0.605. The van der Waals surface area contributed by atoms with Crippen LogP contribution in [0.1, 0.15) is 51.9 Å². The molecule has 74 valence electrons. The fourth-order valence-electron chi connectivity index (χ4n) is 3.18. The first kappa shape index (κ1) is 9.23. The van der Waals surface area contributed by atoms with Crippen molar-refractivity contribution in [2.45, 2.75) is 51.9 Å². The molecule has 2 aliphatic rings. The standard InChI is InChI=1S/C12H20O/c1-2-9-7-10-5-3-4-6-12(13)11(10)8-9/h9-11H,2-8H2,1H3/t9-,10+,11+/m1/s1. The molecule has 0 amide bonds. The molecule has 0 saturated heterocycles. The Balaban J connectivity index is 2.05. The molecule has 0 aromatic carbocycles. The Morgan fingerprint density at radius 3 is 2.92 bits per heavy atom. The summed E-state index contributed by atoms with van der Waals surface area (Å²) in [6.45, 7) is 2.26. The van der Waals surface area contributed by atoms with E-state index in [9.17, 15) is 4.79 Å². The highest BCUT2D eigenvalue weighted by Crippen LogP contribution is 2.43. The highest BCUT2D eigenvalue weighted by atomic mass is 16.1.